The Balaban J connectivity index is 2.50. The number of aryl methyl sites for hydroxylation is 1. The average Bonchev–Trinajstić information content (AvgIpc) is 2.82. The molecule has 98 valence electrons. The van der Waals surface area contributed by atoms with E-state index < -0.39 is 10.9 Å². The lowest BCUT2D eigenvalue weighted by atomic mass is 10.1. The van der Waals surface area contributed by atoms with Crippen LogP contribution >= 0.6 is 0 Å². The van der Waals surface area contributed by atoms with E-state index in [2.05, 4.69) is 5.16 Å². The van der Waals surface area contributed by atoms with Crippen LogP contribution in [0.15, 0.2) is 28.8 Å². The van der Waals surface area contributed by atoms with Gasteiger partial charge >= 0.3 is 5.97 Å². The molecule has 7 nitrogen and oxygen atoms in total. The second-order valence-electron chi connectivity index (χ2n) is 3.80. The molecule has 0 saturated heterocycles. The number of hydrogen-bond acceptors (Lipinski definition) is 5. The van der Waals surface area contributed by atoms with Gasteiger partial charge in [-0.1, -0.05) is 12.1 Å². The minimum absolute atomic E-state index is 0.00338. The van der Waals surface area contributed by atoms with Gasteiger partial charge in [0, 0.05) is 17.7 Å². The molecule has 0 aliphatic rings. The summed E-state index contributed by atoms with van der Waals surface area (Å²) >= 11 is 0. The molecule has 1 N–H and O–H groups in total. The second kappa shape index (κ2) is 4.89. The molecular weight excluding hydrogens is 252 g/mol. The van der Waals surface area contributed by atoms with Crippen molar-refractivity contribution in [3.63, 3.8) is 0 Å². The van der Waals surface area contributed by atoms with E-state index in [1.54, 1.807) is 6.92 Å². The molecule has 1 heterocycles. The molecule has 0 amide bonds. The molecule has 2 rings (SSSR count). The first kappa shape index (κ1) is 12.7. The standard InChI is InChI=1S/C12H10N2O5/c1-2-9-10(12(15)16)11(19-13-9)7-3-5-8(6-4-7)14(17)18/h3-6H,2H2,1H3,(H,15,16). The maximum absolute atomic E-state index is 11.2. The number of carboxylic acid groups (broad SMARTS) is 1. The van der Waals surface area contributed by atoms with Crippen molar-refractivity contribution in [1.82, 2.24) is 5.16 Å². The molecule has 0 bridgehead atoms. The monoisotopic (exact) mass is 262 g/mol. The minimum Gasteiger partial charge on any atom is -0.477 e. The highest BCUT2D eigenvalue weighted by molar-refractivity contribution is 5.95. The van der Waals surface area contributed by atoms with Crippen molar-refractivity contribution >= 4 is 11.7 Å². The third-order valence-corrected chi connectivity index (χ3v) is 2.65. The van der Waals surface area contributed by atoms with E-state index in [1.807, 2.05) is 0 Å². The number of hydrogen-bond donors (Lipinski definition) is 1. The van der Waals surface area contributed by atoms with Gasteiger partial charge < -0.3 is 9.63 Å². The molecule has 19 heavy (non-hydrogen) atoms. The Morgan fingerprint density at radius 2 is 2.05 bits per heavy atom. The number of carbonyl (C=O) groups is 1. The van der Waals surface area contributed by atoms with Crippen LogP contribution < -0.4 is 0 Å². The summed E-state index contributed by atoms with van der Waals surface area (Å²) in [7, 11) is 0. The summed E-state index contributed by atoms with van der Waals surface area (Å²) < 4.78 is 5.03. The summed E-state index contributed by atoms with van der Waals surface area (Å²) in [5, 5.41) is 23.4. The quantitative estimate of drug-likeness (QED) is 0.670. The van der Waals surface area contributed by atoms with E-state index in [0.717, 1.165) is 0 Å². The molecule has 0 saturated carbocycles. The first-order valence-corrected chi connectivity index (χ1v) is 5.51. The summed E-state index contributed by atoms with van der Waals surface area (Å²) in [5.41, 5.74) is 0.711. The lowest BCUT2D eigenvalue weighted by Crippen LogP contribution is -2.01. The lowest BCUT2D eigenvalue weighted by molar-refractivity contribution is -0.384. The highest BCUT2D eigenvalue weighted by Gasteiger charge is 2.22. The Hall–Kier alpha value is -2.70. The molecule has 0 unspecified atom stereocenters. The summed E-state index contributed by atoms with van der Waals surface area (Å²) in [5.74, 6) is -1.02. The highest BCUT2D eigenvalue weighted by Crippen LogP contribution is 2.28. The van der Waals surface area contributed by atoms with E-state index in [4.69, 9.17) is 9.63 Å². The largest absolute Gasteiger partial charge is 0.477 e. The molecule has 0 fully saturated rings. The van der Waals surface area contributed by atoms with Crippen molar-refractivity contribution < 1.29 is 19.3 Å². The maximum atomic E-state index is 11.2. The van der Waals surface area contributed by atoms with Crippen molar-refractivity contribution in [1.29, 1.82) is 0 Å². The number of nitrogens with zero attached hydrogens (tertiary/aromatic N) is 2. The summed E-state index contributed by atoms with van der Waals surface area (Å²) in [4.78, 5) is 21.2. The number of nitro benzene ring substituents is 1. The lowest BCUT2D eigenvalue weighted by Gasteiger charge is -1.98. The molecule has 7 heteroatoms. The number of aromatic carboxylic acids is 1. The van der Waals surface area contributed by atoms with Crippen molar-refractivity contribution in [2.75, 3.05) is 0 Å². The van der Waals surface area contributed by atoms with Gasteiger partial charge in [-0.3, -0.25) is 10.1 Å². The predicted molar refractivity (Wildman–Crippen MR) is 64.9 cm³/mol. The molecule has 0 spiro atoms. The van der Waals surface area contributed by atoms with Crippen LogP contribution in [0, 0.1) is 10.1 Å². The molecule has 0 radical (unpaired) electrons. The van der Waals surface area contributed by atoms with Gasteiger partial charge in [-0.15, -0.1) is 0 Å². The van der Waals surface area contributed by atoms with Crippen molar-refractivity contribution in [2.24, 2.45) is 0 Å². The molecule has 0 atom stereocenters. The summed E-state index contributed by atoms with van der Waals surface area (Å²) in [6.07, 6.45) is 0.429. The van der Waals surface area contributed by atoms with Crippen molar-refractivity contribution in [3.05, 3.63) is 45.6 Å². The van der Waals surface area contributed by atoms with Gasteiger partial charge in [0.05, 0.1) is 10.6 Å². The van der Waals surface area contributed by atoms with Gasteiger partial charge in [0.15, 0.2) is 5.76 Å². The topological polar surface area (TPSA) is 106 Å². The maximum Gasteiger partial charge on any atom is 0.341 e. The van der Waals surface area contributed by atoms with Gasteiger partial charge in [0.2, 0.25) is 0 Å². The Morgan fingerprint density at radius 3 is 2.53 bits per heavy atom. The Morgan fingerprint density at radius 1 is 1.42 bits per heavy atom. The number of benzene rings is 1. The van der Waals surface area contributed by atoms with Crippen LogP contribution in [0.2, 0.25) is 0 Å². The second-order valence-corrected chi connectivity index (χ2v) is 3.80. The van der Waals surface area contributed by atoms with Crippen LogP contribution in [0.4, 0.5) is 5.69 Å². The number of aromatic nitrogens is 1. The van der Waals surface area contributed by atoms with E-state index >= 15 is 0 Å². The first-order valence-electron chi connectivity index (χ1n) is 5.51. The smallest absolute Gasteiger partial charge is 0.341 e. The van der Waals surface area contributed by atoms with Crippen LogP contribution in [-0.2, 0) is 6.42 Å². The molecule has 1 aromatic carbocycles. The highest BCUT2D eigenvalue weighted by atomic mass is 16.6. The van der Waals surface area contributed by atoms with Crippen LogP contribution in [0.3, 0.4) is 0 Å². The predicted octanol–water partition coefficient (Wildman–Crippen LogP) is 2.51. The van der Waals surface area contributed by atoms with Gasteiger partial charge in [-0.2, -0.15) is 0 Å². The first-order chi connectivity index (χ1) is 9.04. The average molecular weight is 262 g/mol. The molecule has 0 aliphatic carbocycles. The Labute approximate surface area is 107 Å². The summed E-state index contributed by atoms with van der Waals surface area (Å²) in [6.45, 7) is 1.77. The van der Waals surface area contributed by atoms with E-state index in [-0.39, 0.29) is 17.0 Å². The third kappa shape index (κ3) is 2.30. The molecule has 0 aliphatic heterocycles. The van der Waals surface area contributed by atoms with E-state index in [1.165, 1.54) is 24.3 Å². The van der Waals surface area contributed by atoms with Crippen LogP contribution in [0.5, 0.6) is 0 Å². The summed E-state index contributed by atoms with van der Waals surface area (Å²) in [6, 6.07) is 5.44. The molecular formula is C12H10N2O5. The van der Waals surface area contributed by atoms with Crippen molar-refractivity contribution in [2.45, 2.75) is 13.3 Å². The molecule has 2 aromatic rings. The fourth-order valence-corrected chi connectivity index (χ4v) is 1.72. The van der Waals surface area contributed by atoms with E-state index in [0.29, 0.717) is 17.7 Å². The van der Waals surface area contributed by atoms with Gasteiger partial charge in [0.1, 0.15) is 5.56 Å². The number of carboxylic acids is 1. The third-order valence-electron chi connectivity index (χ3n) is 2.65. The Bertz CT molecular complexity index is 630. The zero-order valence-electron chi connectivity index (χ0n) is 9.99. The SMILES string of the molecule is CCc1noc(-c2ccc([N+](=O)[O-])cc2)c1C(=O)O. The van der Waals surface area contributed by atoms with Gasteiger partial charge in [-0.25, -0.2) is 4.79 Å². The van der Waals surface area contributed by atoms with Crippen LogP contribution in [0.25, 0.3) is 11.3 Å². The van der Waals surface area contributed by atoms with Crippen molar-refractivity contribution in [3.8, 4) is 11.3 Å². The van der Waals surface area contributed by atoms with Gasteiger partial charge in [0.25, 0.3) is 5.69 Å². The molecule has 1 aromatic heterocycles. The number of rotatable bonds is 4. The number of non-ortho nitro benzene ring substituents is 1. The van der Waals surface area contributed by atoms with Crippen LogP contribution in [-0.4, -0.2) is 21.2 Å². The normalized spacial score (nSPS) is 10.4. The minimum atomic E-state index is -1.13. The zero-order valence-corrected chi connectivity index (χ0v) is 9.99. The fraction of sp³-hybridized carbons (Fsp3) is 0.167. The number of nitro groups is 1. The fourth-order valence-electron chi connectivity index (χ4n) is 1.72. The zero-order chi connectivity index (χ0) is 14.0. The van der Waals surface area contributed by atoms with Crippen LogP contribution in [0.1, 0.15) is 23.0 Å². The van der Waals surface area contributed by atoms with Gasteiger partial charge in [-0.05, 0) is 18.6 Å². The van der Waals surface area contributed by atoms with E-state index in [9.17, 15) is 14.9 Å². The Kier molecular flexibility index (Phi) is 3.28.